The molecule has 2 rings (SSSR count). The van der Waals surface area contributed by atoms with Crippen LogP contribution in [-0.2, 0) is 10.6 Å². The van der Waals surface area contributed by atoms with Gasteiger partial charge in [-0.25, -0.2) is 4.98 Å². The van der Waals surface area contributed by atoms with Crippen molar-refractivity contribution in [3.8, 4) is 0 Å². The summed E-state index contributed by atoms with van der Waals surface area (Å²) in [6.07, 6.45) is 1.95. The van der Waals surface area contributed by atoms with Gasteiger partial charge < -0.3 is 9.64 Å². The number of alkyl halides is 1. The van der Waals surface area contributed by atoms with Crippen LogP contribution in [0.3, 0.4) is 0 Å². The van der Waals surface area contributed by atoms with E-state index in [0.717, 1.165) is 24.5 Å². The van der Waals surface area contributed by atoms with Crippen molar-refractivity contribution in [2.75, 3.05) is 18.0 Å². The SMILES string of the molecule is CC1CN(c2ncc(CCl)cc2Cl)CC(C)(C)O1. The highest BCUT2D eigenvalue weighted by Crippen LogP contribution is 2.30. The summed E-state index contributed by atoms with van der Waals surface area (Å²) >= 11 is 12.1. The molecule has 0 saturated carbocycles. The summed E-state index contributed by atoms with van der Waals surface area (Å²) in [6.45, 7) is 7.81. The Bertz CT molecular complexity index is 437. The lowest BCUT2D eigenvalue weighted by atomic mass is 10.1. The topological polar surface area (TPSA) is 25.4 Å². The van der Waals surface area contributed by atoms with E-state index in [1.165, 1.54) is 0 Å². The molecule has 1 aromatic heterocycles. The van der Waals surface area contributed by atoms with E-state index in [2.05, 4.69) is 30.7 Å². The van der Waals surface area contributed by atoms with Crippen LogP contribution in [0.25, 0.3) is 0 Å². The van der Waals surface area contributed by atoms with E-state index in [-0.39, 0.29) is 11.7 Å². The molecule has 5 heteroatoms. The Kier molecular flexibility index (Phi) is 4.05. The van der Waals surface area contributed by atoms with Gasteiger partial charge in [0.1, 0.15) is 5.82 Å². The first-order valence-electron chi connectivity index (χ1n) is 6.04. The first-order chi connectivity index (χ1) is 8.41. The Morgan fingerprint density at radius 3 is 2.83 bits per heavy atom. The highest BCUT2D eigenvalue weighted by molar-refractivity contribution is 6.33. The molecule has 0 bridgehead atoms. The Morgan fingerprint density at radius 1 is 1.56 bits per heavy atom. The minimum Gasteiger partial charge on any atom is -0.369 e. The summed E-state index contributed by atoms with van der Waals surface area (Å²) in [5.41, 5.74) is 0.749. The molecule has 1 unspecified atom stereocenters. The number of halogens is 2. The molecule has 2 heterocycles. The van der Waals surface area contributed by atoms with Gasteiger partial charge in [-0.15, -0.1) is 11.6 Å². The highest BCUT2D eigenvalue weighted by atomic mass is 35.5. The number of hydrogen-bond donors (Lipinski definition) is 0. The minimum absolute atomic E-state index is 0.166. The third-order valence-electron chi connectivity index (χ3n) is 2.90. The van der Waals surface area contributed by atoms with E-state index in [1.807, 2.05) is 6.07 Å². The molecule has 1 aliphatic heterocycles. The molecule has 0 spiro atoms. The van der Waals surface area contributed by atoms with Gasteiger partial charge in [0.25, 0.3) is 0 Å². The second-order valence-electron chi connectivity index (χ2n) is 5.35. The van der Waals surface area contributed by atoms with Gasteiger partial charge in [-0.2, -0.15) is 0 Å². The monoisotopic (exact) mass is 288 g/mol. The number of pyridine rings is 1. The molecule has 0 radical (unpaired) electrons. The highest BCUT2D eigenvalue weighted by Gasteiger charge is 2.32. The quantitative estimate of drug-likeness (QED) is 0.779. The van der Waals surface area contributed by atoms with Crippen LogP contribution in [0.1, 0.15) is 26.3 Å². The van der Waals surface area contributed by atoms with E-state index < -0.39 is 0 Å². The van der Waals surface area contributed by atoms with Crippen molar-refractivity contribution in [1.29, 1.82) is 0 Å². The van der Waals surface area contributed by atoms with Crippen molar-refractivity contribution in [3.05, 3.63) is 22.8 Å². The lowest BCUT2D eigenvalue weighted by Gasteiger charge is -2.42. The van der Waals surface area contributed by atoms with Gasteiger partial charge in [0, 0.05) is 25.2 Å². The molecular formula is C13H18Cl2N2O. The summed E-state index contributed by atoms with van der Waals surface area (Å²) in [5.74, 6) is 1.24. The number of hydrogen-bond acceptors (Lipinski definition) is 3. The predicted octanol–water partition coefficient (Wildman–Crippen LogP) is 3.48. The normalized spacial score (nSPS) is 23.2. The van der Waals surface area contributed by atoms with Crippen LogP contribution in [0.4, 0.5) is 5.82 Å². The largest absolute Gasteiger partial charge is 0.369 e. The van der Waals surface area contributed by atoms with Crippen LogP contribution in [0.15, 0.2) is 12.3 Å². The van der Waals surface area contributed by atoms with E-state index in [0.29, 0.717) is 10.9 Å². The zero-order chi connectivity index (χ0) is 13.3. The summed E-state index contributed by atoms with van der Waals surface area (Å²) in [5, 5.41) is 0.651. The number of nitrogens with zero attached hydrogens (tertiary/aromatic N) is 2. The molecule has 0 aliphatic carbocycles. The lowest BCUT2D eigenvalue weighted by Crippen LogP contribution is -2.52. The fourth-order valence-electron chi connectivity index (χ4n) is 2.39. The summed E-state index contributed by atoms with van der Waals surface area (Å²) in [6, 6.07) is 1.88. The smallest absolute Gasteiger partial charge is 0.147 e. The molecule has 0 N–H and O–H groups in total. The summed E-state index contributed by atoms with van der Waals surface area (Å²) in [7, 11) is 0. The molecule has 100 valence electrons. The second kappa shape index (κ2) is 5.24. The zero-order valence-corrected chi connectivity index (χ0v) is 12.4. The Balaban J connectivity index is 2.25. The molecule has 1 aromatic rings. The summed E-state index contributed by atoms with van der Waals surface area (Å²) in [4.78, 5) is 6.60. The van der Waals surface area contributed by atoms with E-state index in [4.69, 9.17) is 27.9 Å². The predicted molar refractivity (Wildman–Crippen MR) is 75.6 cm³/mol. The van der Waals surface area contributed by atoms with Crippen LogP contribution in [0, 0.1) is 0 Å². The van der Waals surface area contributed by atoms with Gasteiger partial charge in [-0.05, 0) is 32.4 Å². The molecule has 18 heavy (non-hydrogen) atoms. The maximum absolute atomic E-state index is 6.28. The number of anilines is 1. The van der Waals surface area contributed by atoms with E-state index in [1.54, 1.807) is 6.20 Å². The third kappa shape index (κ3) is 3.08. The Morgan fingerprint density at radius 2 is 2.28 bits per heavy atom. The maximum Gasteiger partial charge on any atom is 0.147 e. The van der Waals surface area contributed by atoms with Gasteiger partial charge in [-0.3, -0.25) is 0 Å². The summed E-state index contributed by atoms with van der Waals surface area (Å²) < 4.78 is 5.88. The van der Waals surface area contributed by atoms with Gasteiger partial charge >= 0.3 is 0 Å². The average Bonchev–Trinajstić information content (AvgIpc) is 2.25. The first-order valence-corrected chi connectivity index (χ1v) is 6.96. The van der Waals surface area contributed by atoms with Crippen LogP contribution < -0.4 is 4.90 Å². The minimum atomic E-state index is -0.187. The standard InChI is InChI=1S/C13H18Cl2N2O/c1-9-7-17(8-13(2,3)18-9)12-11(15)4-10(5-14)6-16-12/h4,6,9H,5,7-8H2,1-3H3. The number of morpholine rings is 1. The Hall–Kier alpha value is -0.510. The number of aromatic nitrogens is 1. The molecule has 0 amide bonds. The molecule has 1 atom stereocenters. The van der Waals surface area contributed by atoms with E-state index in [9.17, 15) is 0 Å². The first kappa shape index (κ1) is 13.9. The molecular weight excluding hydrogens is 271 g/mol. The lowest BCUT2D eigenvalue weighted by molar-refractivity contribution is -0.0751. The van der Waals surface area contributed by atoms with Crippen molar-refractivity contribution < 1.29 is 4.74 Å². The van der Waals surface area contributed by atoms with Gasteiger partial charge in [0.2, 0.25) is 0 Å². The molecule has 1 fully saturated rings. The molecule has 0 aromatic carbocycles. The van der Waals surface area contributed by atoms with Crippen LogP contribution in [-0.4, -0.2) is 29.8 Å². The molecule has 1 saturated heterocycles. The third-order valence-corrected chi connectivity index (χ3v) is 3.49. The van der Waals surface area contributed by atoms with Crippen LogP contribution >= 0.6 is 23.2 Å². The van der Waals surface area contributed by atoms with Crippen LogP contribution in [0.5, 0.6) is 0 Å². The van der Waals surface area contributed by atoms with E-state index >= 15 is 0 Å². The Labute approximate surface area is 118 Å². The van der Waals surface area contributed by atoms with Crippen molar-refractivity contribution >= 4 is 29.0 Å². The zero-order valence-electron chi connectivity index (χ0n) is 10.9. The molecule has 3 nitrogen and oxygen atoms in total. The fraction of sp³-hybridized carbons (Fsp3) is 0.615. The van der Waals surface area contributed by atoms with Crippen molar-refractivity contribution in [3.63, 3.8) is 0 Å². The van der Waals surface area contributed by atoms with Gasteiger partial charge in [0.15, 0.2) is 0 Å². The average molecular weight is 289 g/mol. The molecule has 1 aliphatic rings. The number of rotatable bonds is 2. The maximum atomic E-state index is 6.28. The number of ether oxygens (including phenoxy) is 1. The van der Waals surface area contributed by atoms with Crippen molar-refractivity contribution in [2.45, 2.75) is 38.4 Å². The fourth-order valence-corrected chi connectivity index (χ4v) is 2.85. The second-order valence-corrected chi connectivity index (χ2v) is 6.03. The van der Waals surface area contributed by atoms with Crippen molar-refractivity contribution in [2.24, 2.45) is 0 Å². The van der Waals surface area contributed by atoms with Crippen molar-refractivity contribution in [1.82, 2.24) is 4.98 Å². The van der Waals surface area contributed by atoms with Crippen LogP contribution in [0.2, 0.25) is 5.02 Å². The van der Waals surface area contributed by atoms with Gasteiger partial charge in [-0.1, -0.05) is 11.6 Å². The van der Waals surface area contributed by atoms with Gasteiger partial charge in [0.05, 0.1) is 16.7 Å².